The van der Waals surface area contributed by atoms with E-state index in [0.717, 1.165) is 0 Å². The Morgan fingerprint density at radius 2 is 2.12 bits per heavy atom. The van der Waals surface area contributed by atoms with Crippen LogP contribution in [0.15, 0.2) is 41.1 Å². The van der Waals surface area contributed by atoms with E-state index in [9.17, 15) is 9.18 Å². The summed E-state index contributed by atoms with van der Waals surface area (Å²) in [4.78, 5) is 15.9. The third-order valence-electron chi connectivity index (χ3n) is 2.28. The van der Waals surface area contributed by atoms with Crippen LogP contribution in [-0.2, 0) is 0 Å². The van der Waals surface area contributed by atoms with Crippen LogP contribution in [0.1, 0.15) is 15.9 Å². The average molecular weight is 295 g/mol. The molecule has 0 fully saturated rings. The molecule has 3 nitrogen and oxygen atoms in total. The maximum absolute atomic E-state index is 13.1. The first-order chi connectivity index (χ1) is 8.09. The lowest BCUT2D eigenvalue weighted by molar-refractivity contribution is 0.103. The molecule has 0 spiro atoms. The molecule has 0 radical (unpaired) electrons. The van der Waals surface area contributed by atoms with Crippen LogP contribution in [0, 0.1) is 5.82 Å². The summed E-state index contributed by atoms with van der Waals surface area (Å²) in [5.74, 6) is -0.671. The van der Waals surface area contributed by atoms with E-state index in [-0.39, 0.29) is 10.3 Å². The van der Waals surface area contributed by atoms with Crippen molar-refractivity contribution in [2.24, 2.45) is 0 Å². The van der Waals surface area contributed by atoms with Gasteiger partial charge in [-0.05, 0) is 40.2 Å². The Kier molecular flexibility index (Phi) is 3.19. The molecule has 0 aliphatic carbocycles. The molecular formula is C12H8BrFN2O. The Morgan fingerprint density at radius 1 is 1.35 bits per heavy atom. The zero-order valence-corrected chi connectivity index (χ0v) is 10.2. The van der Waals surface area contributed by atoms with Gasteiger partial charge < -0.3 is 5.73 Å². The van der Waals surface area contributed by atoms with Crippen LogP contribution < -0.4 is 5.73 Å². The fourth-order valence-electron chi connectivity index (χ4n) is 1.41. The van der Waals surface area contributed by atoms with Gasteiger partial charge in [-0.25, -0.2) is 4.39 Å². The molecule has 1 aromatic heterocycles. The largest absolute Gasteiger partial charge is 0.397 e. The van der Waals surface area contributed by atoms with E-state index in [1.165, 1.54) is 36.7 Å². The zero-order valence-electron chi connectivity index (χ0n) is 8.65. The quantitative estimate of drug-likeness (QED) is 0.867. The highest BCUT2D eigenvalue weighted by Gasteiger charge is 2.13. The second kappa shape index (κ2) is 4.63. The molecule has 2 N–H and O–H groups in total. The topological polar surface area (TPSA) is 56.0 Å². The Morgan fingerprint density at radius 3 is 2.76 bits per heavy atom. The number of nitrogens with two attached hydrogens (primary N) is 1. The molecule has 2 aromatic rings. The second-order valence-corrected chi connectivity index (χ2v) is 4.28. The smallest absolute Gasteiger partial charge is 0.195 e. The number of ketones is 1. The molecule has 2 rings (SSSR count). The molecule has 0 aliphatic heterocycles. The minimum atomic E-state index is -0.413. The molecule has 0 saturated heterocycles. The summed E-state index contributed by atoms with van der Waals surface area (Å²) in [5.41, 5.74) is 6.69. The molecule has 0 amide bonds. The highest BCUT2D eigenvalue weighted by molar-refractivity contribution is 9.10. The molecule has 86 valence electrons. The van der Waals surface area contributed by atoms with Gasteiger partial charge in [-0.15, -0.1) is 0 Å². The van der Waals surface area contributed by atoms with Crippen LogP contribution in [0.2, 0.25) is 0 Å². The summed E-state index contributed by atoms with van der Waals surface area (Å²) in [5, 5.41) is 0. The van der Waals surface area contributed by atoms with Gasteiger partial charge in [-0.3, -0.25) is 9.78 Å². The minimum absolute atomic E-state index is 0.246. The monoisotopic (exact) mass is 294 g/mol. The minimum Gasteiger partial charge on any atom is -0.397 e. The van der Waals surface area contributed by atoms with Gasteiger partial charge in [0.25, 0.3) is 0 Å². The molecule has 0 atom stereocenters. The number of benzene rings is 1. The zero-order chi connectivity index (χ0) is 12.4. The van der Waals surface area contributed by atoms with Crippen LogP contribution in [0.5, 0.6) is 0 Å². The molecule has 0 aliphatic rings. The first-order valence-corrected chi connectivity index (χ1v) is 5.58. The fourth-order valence-corrected chi connectivity index (χ4v) is 1.79. The lowest BCUT2D eigenvalue weighted by Crippen LogP contribution is -2.05. The first kappa shape index (κ1) is 11.7. The number of rotatable bonds is 2. The lowest BCUT2D eigenvalue weighted by Gasteiger charge is -2.04. The van der Waals surface area contributed by atoms with Crippen molar-refractivity contribution in [2.75, 3.05) is 5.73 Å². The Bertz CT molecular complexity index is 586. The predicted molar refractivity (Wildman–Crippen MR) is 66.2 cm³/mol. The van der Waals surface area contributed by atoms with Crippen molar-refractivity contribution in [3.05, 3.63) is 58.1 Å². The SMILES string of the molecule is Nc1cnccc1C(=O)c1ccc(F)c(Br)c1. The van der Waals surface area contributed by atoms with Gasteiger partial charge in [0.15, 0.2) is 5.78 Å². The van der Waals surface area contributed by atoms with E-state index >= 15 is 0 Å². The van der Waals surface area contributed by atoms with Crippen molar-refractivity contribution in [1.29, 1.82) is 0 Å². The highest BCUT2D eigenvalue weighted by Crippen LogP contribution is 2.20. The number of hydrogen-bond acceptors (Lipinski definition) is 3. The van der Waals surface area contributed by atoms with Crippen molar-refractivity contribution in [3.63, 3.8) is 0 Å². The summed E-state index contributed by atoms with van der Waals surface area (Å²) in [6.07, 6.45) is 2.90. The number of hydrogen-bond donors (Lipinski definition) is 1. The number of carbonyl (C=O) groups excluding carboxylic acids is 1. The predicted octanol–water partition coefficient (Wildman–Crippen LogP) is 2.80. The first-order valence-electron chi connectivity index (χ1n) is 4.79. The van der Waals surface area contributed by atoms with Gasteiger partial charge in [-0.2, -0.15) is 0 Å². The van der Waals surface area contributed by atoms with Crippen molar-refractivity contribution in [1.82, 2.24) is 4.98 Å². The fraction of sp³-hybridized carbons (Fsp3) is 0. The van der Waals surface area contributed by atoms with Crippen LogP contribution in [0.4, 0.5) is 10.1 Å². The van der Waals surface area contributed by atoms with Crippen LogP contribution in [0.25, 0.3) is 0 Å². The summed E-state index contributed by atoms with van der Waals surface area (Å²) in [6.45, 7) is 0. The standard InChI is InChI=1S/C12H8BrFN2O/c13-9-5-7(1-2-10(9)14)12(17)8-3-4-16-6-11(8)15/h1-6H,15H2. The van der Waals surface area contributed by atoms with Crippen molar-refractivity contribution in [3.8, 4) is 0 Å². The number of halogens is 2. The van der Waals surface area contributed by atoms with Crippen molar-refractivity contribution < 1.29 is 9.18 Å². The molecular weight excluding hydrogens is 287 g/mol. The van der Waals surface area contributed by atoms with Gasteiger partial charge in [0.05, 0.1) is 16.4 Å². The highest BCUT2D eigenvalue weighted by atomic mass is 79.9. The Hall–Kier alpha value is -1.75. The van der Waals surface area contributed by atoms with Crippen LogP contribution >= 0.6 is 15.9 Å². The van der Waals surface area contributed by atoms with Gasteiger partial charge >= 0.3 is 0 Å². The van der Waals surface area contributed by atoms with Gasteiger partial charge in [0.1, 0.15) is 5.82 Å². The molecule has 17 heavy (non-hydrogen) atoms. The molecule has 5 heteroatoms. The number of nitrogen functional groups attached to an aromatic ring is 1. The van der Waals surface area contributed by atoms with Crippen molar-refractivity contribution >= 4 is 27.4 Å². The number of aromatic nitrogens is 1. The summed E-state index contributed by atoms with van der Waals surface area (Å²) >= 11 is 3.03. The molecule has 1 heterocycles. The van der Waals surface area contributed by atoms with E-state index in [1.807, 2.05) is 0 Å². The van der Waals surface area contributed by atoms with Crippen molar-refractivity contribution in [2.45, 2.75) is 0 Å². The summed E-state index contributed by atoms with van der Waals surface area (Å²) in [6, 6.07) is 5.61. The third-order valence-corrected chi connectivity index (χ3v) is 2.89. The third kappa shape index (κ3) is 2.34. The molecule has 0 bridgehead atoms. The van der Waals surface area contributed by atoms with Crippen LogP contribution in [0.3, 0.4) is 0 Å². The molecule has 0 unspecified atom stereocenters. The Balaban J connectivity index is 2.44. The van der Waals surface area contributed by atoms with E-state index < -0.39 is 5.82 Å². The Labute approximate surface area is 106 Å². The van der Waals surface area contributed by atoms with E-state index in [1.54, 1.807) is 0 Å². The molecule has 1 aromatic carbocycles. The maximum atomic E-state index is 13.1. The van der Waals surface area contributed by atoms with E-state index in [4.69, 9.17) is 5.73 Å². The van der Waals surface area contributed by atoms with E-state index in [0.29, 0.717) is 16.8 Å². The van der Waals surface area contributed by atoms with Gasteiger partial charge in [-0.1, -0.05) is 0 Å². The van der Waals surface area contributed by atoms with Gasteiger partial charge in [0, 0.05) is 17.3 Å². The second-order valence-electron chi connectivity index (χ2n) is 3.42. The number of nitrogens with zero attached hydrogens (tertiary/aromatic N) is 1. The number of pyridine rings is 1. The summed E-state index contributed by atoms with van der Waals surface area (Å²) in [7, 11) is 0. The lowest BCUT2D eigenvalue weighted by atomic mass is 10.0. The summed E-state index contributed by atoms with van der Waals surface area (Å²) < 4.78 is 13.3. The maximum Gasteiger partial charge on any atom is 0.195 e. The van der Waals surface area contributed by atoms with Crippen LogP contribution in [-0.4, -0.2) is 10.8 Å². The van der Waals surface area contributed by atoms with E-state index in [2.05, 4.69) is 20.9 Å². The molecule has 0 saturated carbocycles. The normalized spacial score (nSPS) is 10.2. The average Bonchev–Trinajstić information content (AvgIpc) is 2.32. The number of anilines is 1. The number of carbonyl (C=O) groups is 1. The van der Waals surface area contributed by atoms with Gasteiger partial charge in [0.2, 0.25) is 0 Å².